The van der Waals surface area contributed by atoms with Crippen LogP contribution in [0.2, 0.25) is 0 Å². The number of nitrogens with one attached hydrogen (secondary N) is 1. The molecule has 4 nitrogen and oxygen atoms in total. The molecule has 20 heavy (non-hydrogen) atoms. The van der Waals surface area contributed by atoms with E-state index >= 15 is 0 Å². The van der Waals surface area contributed by atoms with E-state index < -0.39 is 0 Å². The van der Waals surface area contributed by atoms with Gasteiger partial charge in [0, 0.05) is 45.5 Å². The number of methoxy groups -OCH3 is 1. The first kappa shape index (κ1) is 15.0. The second-order valence-electron chi connectivity index (χ2n) is 4.68. The fourth-order valence-corrected chi connectivity index (χ4v) is 2.48. The fraction of sp³-hybridized carbons (Fsp3) is 0.500. The van der Waals surface area contributed by atoms with E-state index in [1.807, 2.05) is 12.1 Å². The number of thiocarbonyl (C=S) groups is 1. The number of piperazine rings is 1. The first-order chi connectivity index (χ1) is 9.70. The van der Waals surface area contributed by atoms with E-state index in [0.717, 1.165) is 43.5 Å². The average Bonchev–Trinajstić information content (AvgIpc) is 2.48. The van der Waals surface area contributed by atoms with Crippen molar-refractivity contribution in [1.29, 1.82) is 0 Å². The van der Waals surface area contributed by atoms with Crippen LogP contribution in [-0.2, 0) is 4.74 Å². The third-order valence-electron chi connectivity index (χ3n) is 3.34. The topological polar surface area (TPSA) is 27.7 Å². The highest BCUT2D eigenvalue weighted by atomic mass is 32.1. The quantitative estimate of drug-likeness (QED) is 0.671. The first-order valence-electron chi connectivity index (χ1n) is 6.73. The largest absolute Gasteiger partial charge is 0.383 e. The Morgan fingerprint density at radius 2 is 1.90 bits per heavy atom. The molecule has 0 spiro atoms. The molecule has 6 heteroatoms. The number of anilines is 1. The molecular weight excluding hydrogens is 277 g/mol. The molecular formula is C14H20FN3OS. The van der Waals surface area contributed by atoms with Crippen LogP contribution in [0.4, 0.5) is 10.1 Å². The highest BCUT2D eigenvalue weighted by Crippen LogP contribution is 2.16. The Hall–Kier alpha value is -1.40. The minimum absolute atomic E-state index is 0.198. The summed E-state index contributed by atoms with van der Waals surface area (Å²) in [7, 11) is 1.67. The van der Waals surface area contributed by atoms with Crippen LogP contribution in [0.15, 0.2) is 24.3 Å². The van der Waals surface area contributed by atoms with Gasteiger partial charge in [-0.1, -0.05) is 0 Å². The average molecular weight is 297 g/mol. The van der Waals surface area contributed by atoms with Crippen molar-refractivity contribution in [3.8, 4) is 0 Å². The van der Waals surface area contributed by atoms with E-state index in [-0.39, 0.29) is 5.82 Å². The molecule has 1 heterocycles. The Balaban J connectivity index is 1.80. The number of benzene rings is 1. The van der Waals surface area contributed by atoms with Gasteiger partial charge >= 0.3 is 0 Å². The molecule has 2 rings (SSSR count). The number of hydrogen-bond donors (Lipinski definition) is 1. The summed E-state index contributed by atoms with van der Waals surface area (Å²) < 4.78 is 17.9. The summed E-state index contributed by atoms with van der Waals surface area (Å²) in [6.45, 7) is 4.89. The molecule has 1 aromatic carbocycles. The number of halogens is 1. The van der Waals surface area contributed by atoms with Gasteiger partial charge in [-0.25, -0.2) is 4.39 Å². The van der Waals surface area contributed by atoms with E-state index in [4.69, 9.17) is 17.0 Å². The van der Waals surface area contributed by atoms with Crippen molar-refractivity contribution in [2.24, 2.45) is 0 Å². The van der Waals surface area contributed by atoms with Crippen LogP contribution in [0, 0.1) is 5.82 Å². The van der Waals surface area contributed by atoms with Crippen molar-refractivity contribution in [2.75, 3.05) is 51.3 Å². The van der Waals surface area contributed by atoms with Gasteiger partial charge < -0.3 is 19.9 Å². The molecule has 0 radical (unpaired) electrons. The minimum Gasteiger partial charge on any atom is -0.383 e. The molecule has 1 aliphatic rings. The number of nitrogens with zero attached hydrogens (tertiary/aromatic N) is 2. The van der Waals surface area contributed by atoms with Crippen LogP contribution in [0.5, 0.6) is 0 Å². The van der Waals surface area contributed by atoms with Crippen molar-refractivity contribution >= 4 is 23.0 Å². The van der Waals surface area contributed by atoms with Gasteiger partial charge in [-0.2, -0.15) is 0 Å². The summed E-state index contributed by atoms with van der Waals surface area (Å²) in [5.41, 5.74) is 1.06. The van der Waals surface area contributed by atoms with Crippen LogP contribution >= 0.6 is 12.2 Å². The summed E-state index contributed by atoms with van der Waals surface area (Å²) in [5, 5.41) is 3.96. The highest BCUT2D eigenvalue weighted by molar-refractivity contribution is 7.80. The van der Waals surface area contributed by atoms with Crippen LogP contribution < -0.4 is 10.2 Å². The third kappa shape index (κ3) is 4.05. The Morgan fingerprint density at radius 3 is 2.50 bits per heavy atom. The van der Waals surface area contributed by atoms with Gasteiger partial charge in [0.2, 0.25) is 0 Å². The Kier molecular flexibility index (Phi) is 5.55. The summed E-state index contributed by atoms with van der Waals surface area (Å²) in [6, 6.07) is 6.64. The lowest BCUT2D eigenvalue weighted by Crippen LogP contribution is -2.52. The van der Waals surface area contributed by atoms with E-state index in [1.54, 1.807) is 7.11 Å². The lowest BCUT2D eigenvalue weighted by atomic mass is 10.2. The number of hydrogen-bond acceptors (Lipinski definition) is 3. The smallest absolute Gasteiger partial charge is 0.169 e. The van der Waals surface area contributed by atoms with Crippen LogP contribution in [0.1, 0.15) is 0 Å². The predicted molar refractivity (Wildman–Crippen MR) is 82.7 cm³/mol. The van der Waals surface area contributed by atoms with Gasteiger partial charge in [0.05, 0.1) is 6.61 Å². The van der Waals surface area contributed by atoms with Crippen molar-refractivity contribution in [1.82, 2.24) is 10.2 Å². The lowest BCUT2D eigenvalue weighted by molar-refractivity contribution is 0.202. The van der Waals surface area contributed by atoms with Crippen molar-refractivity contribution < 1.29 is 9.13 Å². The number of rotatable bonds is 4. The molecule has 0 saturated carbocycles. The maximum atomic E-state index is 12.9. The molecule has 1 aromatic rings. The summed E-state index contributed by atoms with van der Waals surface area (Å²) in [4.78, 5) is 4.40. The van der Waals surface area contributed by atoms with Gasteiger partial charge in [-0.3, -0.25) is 0 Å². The molecule has 1 fully saturated rings. The predicted octanol–water partition coefficient (Wildman–Crippen LogP) is 1.47. The molecule has 0 aromatic heterocycles. The van der Waals surface area contributed by atoms with E-state index in [0.29, 0.717) is 6.61 Å². The molecule has 0 unspecified atom stereocenters. The number of ether oxygens (including phenoxy) is 1. The van der Waals surface area contributed by atoms with Gasteiger partial charge in [-0.15, -0.1) is 0 Å². The van der Waals surface area contributed by atoms with Crippen molar-refractivity contribution in [2.45, 2.75) is 0 Å². The van der Waals surface area contributed by atoms with E-state index in [2.05, 4.69) is 15.1 Å². The lowest BCUT2D eigenvalue weighted by Gasteiger charge is -2.37. The second kappa shape index (κ2) is 7.40. The Labute approximate surface area is 124 Å². The van der Waals surface area contributed by atoms with Gasteiger partial charge in [0.25, 0.3) is 0 Å². The molecule has 1 saturated heterocycles. The van der Waals surface area contributed by atoms with Gasteiger partial charge in [0.15, 0.2) is 5.11 Å². The third-order valence-corrected chi connectivity index (χ3v) is 3.74. The SMILES string of the molecule is COCCNC(=S)N1CCN(c2ccc(F)cc2)CC1. The van der Waals surface area contributed by atoms with Gasteiger partial charge in [0.1, 0.15) is 5.82 Å². The zero-order valence-corrected chi connectivity index (χ0v) is 12.5. The molecule has 110 valence electrons. The van der Waals surface area contributed by atoms with E-state index in [9.17, 15) is 4.39 Å². The standard InChI is InChI=1S/C14H20FN3OS/c1-19-11-6-16-14(20)18-9-7-17(8-10-18)13-4-2-12(15)3-5-13/h2-5H,6-11H2,1H3,(H,16,20). The molecule has 0 aliphatic carbocycles. The molecule has 0 atom stereocenters. The van der Waals surface area contributed by atoms with Crippen molar-refractivity contribution in [3.63, 3.8) is 0 Å². The maximum Gasteiger partial charge on any atom is 0.169 e. The monoisotopic (exact) mass is 297 g/mol. The Morgan fingerprint density at radius 1 is 1.25 bits per heavy atom. The van der Waals surface area contributed by atoms with Crippen LogP contribution in [-0.4, -0.2) is 56.5 Å². The maximum absolute atomic E-state index is 12.9. The van der Waals surface area contributed by atoms with Crippen molar-refractivity contribution in [3.05, 3.63) is 30.1 Å². The summed E-state index contributed by atoms with van der Waals surface area (Å²) in [6.07, 6.45) is 0. The van der Waals surface area contributed by atoms with Gasteiger partial charge in [-0.05, 0) is 36.5 Å². The van der Waals surface area contributed by atoms with Crippen LogP contribution in [0.3, 0.4) is 0 Å². The molecule has 0 bridgehead atoms. The fourth-order valence-electron chi connectivity index (χ4n) is 2.19. The first-order valence-corrected chi connectivity index (χ1v) is 7.14. The molecule has 0 amide bonds. The highest BCUT2D eigenvalue weighted by Gasteiger charge is 2.18. The molecule has 1 aliphatic heterocycles. The zero-order valence-electron chi connectivity index (χ0n) is 11.6. The zero-order chi connectivity index (χ0) is 14.4. The Bertz CT molecular complexity index is 433. The summed E-state index contributed by atoms with van der Waals surface area (Å²) in [5.74, 6) is -0.198. The normalized spacial score (nSPS) is 15.3. The van der Waals surface area contributed by atoms with E-state index in [1.165, 1.54) is 12.1 Å². The minimum atomic E-state index is -0.198. The molecule has 1 N–H and O–H groups in total. The van der Waals surface area contributed by atoms with Crippen LogP contribution in [0.25, 0.3) is 0 Å². The second-order valence-corrected chi connectivity index (χ2v) is 5.06. The summed E-state index contributed by atoms with van der Waals surface area (Å²) >= 11 is 5.35.